The highest BCUT2D eigenvalue weighted by atomic mass is 16.5. The normalized spacial score (nSPS) is 16.3. The molecule has 1 fully saturated rings. The third kappa shape index (κ3) is 4.80. The van der Waals surface area contributed by atoms with Gasteiger partial charge in [-0.05, 0) is 50.9 Å². The highest BCUT2D eigenvalue weighted by Gasteiger charge is 2.21. The first kappa shape index (κ1) is 17.9. The summed E-state index contributed by atoms with van der Waals surface area (Å²) in [7, 11) is 3.85. The highest BCUT2D eigenvalue weighted by molar-refractivity contribution is 5.33. The minimum Gasteiger partial charge on any atom is -0.490 e. The van der Waals surface area contributed by atoms with Crippen LogP contribution >= 0.6 is 0 Å². The Bertz CT molecular complexity index is 641. The molecule has 1 saturated carbocycles. The smallest absolute Gasteiger partial charge is 0.124 e. The van der Waals surface area contributed by atoms with E-state index in [0.29, 0.717) is 12.7 Å². The highest BCUT2D eigenvalue weighted by Crippen LogP contribution is 2.29. The molecule has 0 aliphatic heterocycles. The predicted molar refractivity (Wildman–Crippen MR) is 99.6 cm³/mol. The third-order valence-electron chi connectivity index (χ3n) is 4.87. The molecule has 1 atom stereocenters. The molecule has 1 heterocycles. The topological polar surface area (TPSA) is 34.6 Å². The molecule has 0 amide bonds. The van der Waals surface area contributed by atoms with Crippen molar-refractivity contribution < 1.29 is 9.47 Å². The third-order valence-corrected chi connectivity index (χ3v) is 4.87. The van der Waals surface area contributed by atoms with Crippen LogP contribution in [0.4, 0.5) is 0 Å². The van der Waals surface area contributed by atoms with Gasteiger partial charge in [0.2, 0.25) is 0 Å². The second kappa shape index (κ2) is 8.97. The summed E-state index contributed by atoms with van der Waals surface area (Å²) >= 11 is 0. The molecule has 4 heteroatoms. The molecule has 0 unspecified atom stereocenters. The Morgan fingerprint density at radius 1 is 1.12 bits per heavy atom. The van der Waals surface area contributed by atoms with E-state index in [1.54, 1.807) is 7.11 Å². The monoisotopic (exact) mass is 340 g/mol. The lowest BCUT2D eigenvalue weighted by Gasteiger charge is -2.28. The van der Waals surface area contributed by atoms with Gasteiger partial charge in [0.25, 0.3) is 0 Å². The lowest BCUT2D eigenvalue weighted by Crippen LogP contribution is -2.28. The number of aromatic nitrogens is 1. The minimum atomic E-state index is 0.116. The largest absolute Gasteiger partial charge is 0.490 e. The van der Waals surface area contributed by atoms with Crippen molar-refractivity contribution in [1.82, 2.24) is 9.88 Å². The maximum Gasteiger partial charge on any atom is 0.124 e. The number of pyridine rings is 1. The summed E-state index contributed by atoms with van der Waals surface area (Å²) in [5.74, 6) is 1.01. The average Bonchev–Trinajstić information content (AvgIpc) is 3.15. The number of para-hydroxylation sites is 1. The van der Waals surface area contributed by atoms with E-state index in [2.05, 4.69) is 47.3 Å². The number of hydrogen-bond donors (Lipinski definition) is 0. The Balaban J connectivity index is 1.73. The number of ether oxygens (including phenoxy) is 2. The molecule has 0 N–H and O–H groups in total. The van der Waals surface area contributed by atoms with Crippen LogP contribution in [-0.2, 0) is 11.3 Å². The molecular weight excluding hydrogens is 312 g/mol. The average molecular weight is 340 g/mol. The van der Waals surface area contributed by atoms with Gasteiger partial charge in [0.05, 0.1) is 24.4 Å². The molecule has 2 aromatic rings. The molecular formula is C21H28N2O2. The van der Waals surface area contributed by atoms with Gasteiger partial charge < -0.3 is 9.47 Å². The van der Waals surface area contributed by atoms with E-state index in [4.69, 9.17) is 9.47 Å². The number of rotatable bonds is 8. The van der Waals surface area contributed by atoms with Crippen LogP contribution in [0, 0.1) is 0 Å². The molecule has 1 aliphatic rings. The summed E-state index contributed by atoms with van der Waals surface area (Å²) in [6, 6.07) is 14.5. The van der Waals surface area contributed by atoms with Crippen LogP contribution in [0.1, 0.15) is 43.0 Å². The number of likely N-dealkylation sites (N-methyl/N-ethyl adjacent to an activating group) is 1. The zero-order chi connectivity index (χ0) is 17.5. The van der Waals surface area contributed by atoms with E-state index in [1.807, 2.05) is 18.3 Å². The van der Waals surface area contributed by atoms with E-state index < -0.39 is 0 Å². The fourth-order valence-corrected chi connectivity index (χ4v) is 3.48. The van der Waals surface area contributed by atoms with E-state index in [1.165, 1.54) is 31.2 Å². The van der Waals surface area contributed by atoms with Crippen molar-refractivity contribution in [1.29, 1.82) is 0 Å². The Hall–Kier alpha value is -1.91. The first-order valence-electron chi connectivity index (χ1n) is 9.12. The van der Waals surface area contributed by atoms with Gasteiger partial charge in [-0.1, -0.05) is 24.3 Å². The summed E-state index contributed by atoms with van der Waals surface area (Å²) in [5.41, 5.74) is 2.25. The number of benzene rings is 1. The van der Waals surface area contributed by atoms with Gasteiger partial charge in [0.15, 0.2) is 0 Å². The lowest BCUT2D eigenvalue weighted by atomic mass is 10.1. The molecule has 3 rings (SSSR count). The van der Waals surface area contributed by atoms with Crippen molar-refractivity contribution in [2.45, 2.75) is 44.4 Å². The second-order valence-corrected chi connectivity index (χ2v) is 6.77. The SMILES string of the molecule is COC[C@H](c1ccccn1)N(C)Cc1ccccc1OC1CCCC1. The molecule has 0 saturated heterocycles. The predicted octanol–water partition coefficient (Wildman–Crippen LogP) is 4.22. The molecule has 0 radical (unpaired) electrons. The minimum absolute atomic E-state index is 0.116. The van der Waals surface area contributed by atoms with Crippen molar-refractivity contribution in [2.75, 3.05) is 20.8 Å². The fourth-order valence-electron chi connectivity index (χ4n) is 3.48. The molecule has 134 valence electrons. The van der Waals surface area contributed by atoms with Crippen LogP contribution < -0.4 is 4.74 Å². The summed E-state index contributed by atoms with van der Waals surface area (Å²) in [4.78, 5) is 6.79. The van der Waals surface area contributed by atoms with Gasteiger partial charge in [-0.15, -0.1) is 0 Å². The molecule has 25 heavy (non-hydrogen) atoms. The summed E-state index contributed by atoms with van der Waals surface area (Å²) < 4.78 is 11.7. The van der Waals surface area contributed by atoms with Gasteiger partial charge in [-0.3, -0.25) is 9.88 Å². The van der Waals surface area contributed by atoms with E-state index in [0.717, 1.165) is 18.0 Å². The quantitative estimate of drug-likeness (QED) is 0.720. The van der Waals surface area contributed by atoms with Crippen molar-refractivity contribution in [3.63, 3.8) is 0 Å². The molecule has 1 aliphatic carbocycles. The Kier molecular flexibility index (Phi) is 6.42. The van der Waals surface area contributed by atoms with Crippen molar-refractivity contribution in [2.24, 2.45) is 0 Å². The van der Waals surface area contributed by atoms with Gasteiger partial charge in [-0.2, -0.15) is 0 Å². The Morgan fingerprint density at radius 3 is 2.60 bits per heavy atom. The van der Waals surface area contributed by atoms with E-state index in [-0.39, 0.29) is 6.04 Å². The fraction of sp³-hybridized carbons (Fsp3) is 0.476. The van der Waals surface area contributed by atoms with Crippen LogP contribution in [0.3, 0.4) is 0 Å². The first-order valence-corrected chi connectivity index (χ1v) is 9.12. The Labute approximate surface area is 150 Å². The lowest BCUT2D eigenvalue weighted by molar-refractivity contribution is 0.0987. The van der Waals surface area contributed by atoms with Crippen LogP contribution in [0.25, 0.3) is 0 Å². The van der Waals surface area contributed by atoms with Crippen molar-refractivity contribution >= 4 is 0 Å². The molecule has 0 spiro atoms. The molecule has 1 aromatic heterocycles. The van der Waals surface area contributed by atoms with Crippen molar-refractivity contribution in [3.8, 4) is 5.75 Å². The van der Waals surface area contributed by atoms with Crippen molar-refractivity contribution in [3.05, 3.63) is 59.9 Å². The van der Waals surface area contributed by atoms with Crippen LogP contribution in [0.2, 0.25) is 0 Å². The zero-order valence-electron chi connectivity index (χ0n) is 15.2. The van der Waals surface area contributed by atoms with E-state index >= 15 is 0 Å². The zero-order valence-corrected chi connectivity index (χ0v) is 15.2. The molecule has 1 aromatic carbocycles. The van der Waals surface area contributed by atoms with E-state index in [9.17, 15) is 0 Å². The summed E-state index contributed by atoms with van der Waals surface area (Å²) in [6.45, 7) is 1.41. The summed E-state index contributed by atoms with van der Waals surface area (Å²) in [5, 5.41) is 0. The number of methoxy groups -OCH3 is 1. The maximum absolute atomic E-state index is 6.28. The first-order chi connectivity index (χ1) is 12.3. The van der Waals surface area contributed by atoms with Crippen LogP contribution in [0.15, 0.2) is 48.7 Å². The van der Waals surface area contributed by atoms with Gasteiger partial charge in [0, 0.05) is 25.4 Å². The standard InChI is InChI=1S/C21H28N2O2/c1-23(20(16-24-2)19-12-7-8-14-22-19)15-17-9-3-6-13-21(17)25-18-10-4-5-11-18/h3,6-9,12-14,18,20H,4-5,10-11,15-16H2,1-2H3/t20-/m1/s1. The Morgan fingerprint density at radius 2 is 1.88 bits per heavy atom. The maximum atomic E-state index is 6.28. The second-order valence-electron chi connectivity index (χ2n) is 6.77. The van der Waals surface area contributed by atoms with Crippen LogP contribution in [-0.4, -0.2) is 36.8 Å². The van der Waals surface area contributed by atoms with Gasteiger partial charge in [-0.25, -0.2) is 0 Å². The van der Waals surface area contributed by atoms with Crippen LogP contribution in [0.5, 0.6) is 5.75 Å². The number of nitrogens with zero attached hydrogens (tertiary/aromatic N) is 2. The van der Waals surface area contributed by atoms with Gasteiger partial charge >= 0.3 is 0 Å². The van der Waals surface area contributed by atoms with Gasteiger partial charge in [0.1, 0.15) is 5.75 Å². The summed E-state index contributed by atoms with van der Waals surface area (Å²) in [6.07, 6.45) is 7.11. The molecule has 4 nitrogen and oxygen atoms in total. The molecule has 0 bridgehead atoms. The number of hydrogen-bond acceptors (Lipinski definition) is 4.